The molecule has 0 radical (unpaired) electrons. The van der Waals surface area contributed by atoms with Crippen LogP contribution >= 0.6 is 12.2 Å². The highest BCUT2D eigenvalue weighted by Gasteiger charge is 2.30. The van der Waals surface area contributed by atoms with Crippen LogP contribution in [-0.2, 0) is 4.79 Å². The lowest BCUT2D eigenvalue weighted by atomic mass is 9.94. The van der Waals surface area contributed by atoms with E-state index in [1.165, 1.54) is 11.1 Å². The Bertz CT molecular complexity index is 900. The Morgan fingerprint density at radius 1 is 1.00 bits per heavy atom. The van der Waals surface area contributed by atoms with Crippen LogP contribution in [0, 0.1) is 20.8 Å². The van der Waals surface area contributed by atoms with Crippen LogP contribution in [0.4, 0.5) is 5.69 Å². The summed E-state index contributed by atoms with van der Waals surface area (Å²) in [5.41, 5.74) is 6.60. The number of hydrogen-bond donors (Lipinski definition) is 3. The number of rotatable bonds is 3. The minimum Gasteiger partial charge on any atom is -0.351 e. The van der Waals surface area contributed by atoms with Crippen LogP contribution in [0.2, 0.25) is 0 Å². The maximum absolute atomic E-state index is 13.1. The fourth-order valence-corrected chi connectivity index (χ4v) is 3.42. The molecule has 1 heterocycles. The number of benzene rings is 2. The molecule has 0 unspecified atom stereocenters. The normalized spacial score (nSPS) is 16.8. The molecule has 2 aromatic carbocycles. The predicted molar refractivity (Wildman–Crippen MR) is 110 cm³/mol. The highest BCUT2D eigenvalue weighted by atomic mass is 32.1. The highest BCUT2D eigenvalue weighted by Crippen LogP contribution is 2.28. The van der Waals surface area contributed by atoms with Crippen LogP contribution in [0.15, 0.2) is 53.7 Å². The van der Waals surface area contributed by atoms with E-state index in [1.807, 2.05) is 64.1 Å². The molecule has 0 spiro atoms. The van der Waals surface area contributed by atoms with Crippen LogP contribution in [0.1, 0.15) is 35.2 Å². The number of amides is 1. The average molecular weight is 366 g/mol. The lowest BCUT2D eigenvalue weighted by Gasteiger charge is -2.30. The third-order valence-corrected chi connectivity index (χ3v) is 4.77. The molecule has 1 amide bonds. The molecule has 0 aromatic heterocycles. The number of allylic oxidation sites excluding steroid dienone is 1. The summed E-state index contributed by atoms with van der Waals surface area (Å²) in [6.45, 7) is 7.95. The van der Waals surface area contributed by atoms with E-state index in [1.54, 1.807) is 0 Å². The first-order valence-electron chi connectivity index (χ1n) is 8.58. The SMILES string of the molecule is CC1=C(C(=O)Nc2ccc(C)cc2C)[C@H](c2ccc(C)cc2)NC(=S)N1. The van der Waals surface area contributed by atoms with Gasteiger partial charge in [-0.2, -0.15) is 0 Å². The van der Waals surface area contributed by atoms with E-state index in [9.17, 15) is 4.79 Å². The van der Waals surface area contributed by atoms with E-state index in [0.29, 0.717) is 10.7 Å². The number of carbonyl (C=O) groups is 1. The fraction of sp³-hybridized carbons (Fsp3) is 0.238. The van der Waals surface area contributed by atoms with Gasteiger partial charge in [0, 0.05) is 11.4 Å². The zero-order chi connectivity index (χ0) is 18.8. The Labute approximate surface area is 159 Å². The van der Waals surface area contributed by atoms with Gasteiger partial charge in [-0.25, -0.2) is 0 Å². The second kappa shape index (κ2) is 7.30. The summed E-state index contributed by atoms with van der Waals surface area (Å²) in [7, 11) is 0. The van der Waals surface area contributed by atoms with Crippen molar-refractivity contribution in [1.29, 1.82) is 0 Å². The van der Waals surface area contributed by atoms with Crippen LogP contribution < -0.4 is 16.0 Å². The molecule has 0 saturated heterocycles. The summed E-state index contributed by atoms with van der Waals surface area (Å²) in [6, 6.07) is 13.8. The maximum atomic E-state index is 13.1. The molecular weight excluding hydrogens is 342 g/mol. The third kappa shape index (κ3) is 3.78. The Balaban J connectivity index is 1.95. The molecule has 1 atom stereocenters. The monoisotopic (exact) mass is 365 g/mol. The summed E-state index contributed by atoms with van der Waals surface area (Å²) < 4.78 is 0. The van der Waals surface area contributed by atoms with Crippen molar-refractivity contribution >= 4 is 28.9 Å². The molecule has 3 rings (SSSR count). The van der Waals surface area contributed by atoms with E-state index in [4.69, 9.17) is 12.2 Å². The molecule has 2 aromatic rings. The summed E-state index contributed by atoms with van der Waals surface area (Å²) in [5.74, 6) is -0.137. The lowest BCUT2D eigenvalue weighted by Crippen LogP contribution is -2.45. The number of thiocarbonyl (C=S) groups is 1. The van der Waals surface area contributed by atoms with E-state index in [0.717, 1.165) is 22.5 Å². The Morgan fingerprint density at radius 2 is 1.65 bits per heavy atom. The zero-order valence-corrected chi connectivity index (χ0v) is 16.3. The van der Waals surface area contributed by atoms with Gasteiger partial charge in [0.1, 0.15) is 0 Å². The number of nitrogens with one attached hydrogen (secondary N) is 3. The lowest BCUT2D eigenvalue weighted by molar-refractivity contribution is -0.113. The van der Waals surface area contributed by atoms with Crippen LogP contribution in [0.5, 0.6) is 0 Å². The average Bonchev–Trinajstić information content (AvgIpc) is 2.57. The van der Waals surface area contributed by atoms with Gasteiger partial charge in [-0.15, -0.1) is 0 Å². The van der Waals surface area contributed by atoms with Crippen molar-refractivity contribution in [3.05, 3.63) is 76.0 Å². The molecule has 1 aliphatic heterocycles. The van der Waals surface area contributed by atoms with Gasteiger partial charge >= 0.3 is 0 Å². The number of carbonyl (C=O) groups excluding carboxylic acids is 1. The van der Waals surface area contributed by atoms with Crippen molar-refractivity contribution in [3.63, 3.8) is 0 Å². The maximum Gasteiger partial charge on any atom is 0.255 e. The Kier molecular flexibility index (Phi) is 5.09. The molecule has 134 valence electrons. The van der Waals surface area contributed by atoms with Gasteiger partial charge in [0.2, 0.25) is 0 Å². The highest BCUT2D eigenvalue weighted by molar-refractivity contribution is 7.80. The van der Waals surface area contributed by atoms with Gasteiger partial charge in [0.15, 0.2) is 5.11 Å². The summed E-state index contributed by atoms with van der Waals surface area (Å²) in [5, 5.41) is 9.86. The van der Waals surface area contributed by atoms with Crippen molar-refractivity contribution < 1.29 is 4.79 Å². The van der Waals surface area contributed by atoms with E-state index in [-0.39, 0.29) is 11.9 Å². The van der Waals surface area contributed by atoms with E-state index in [2.05, 4.69) is 22.0 Å². The second-order valence-electron chi connectivity index (χ2n) is 6.75. The first-order valence-corrected chi connectivity index (χ1v) is 8.99. The van der Waals surface area contributed by atoms with Crippen molar-refractivity contribution in [3.8, 4) is 0 Å². The van der Waals surface area contributed by atoms with Crippen molar-refractivity contribution in [1.82, 2.24) is 10.6 Å². The van der Waals surface area contributed by atoms with Gasteiger partial charge in [-0.3, -0.25) is 4.79 Å². The number of hydrogen-bond acceptors (Lipinski definition) is 2. The minimum atomic E-state index is -0.282. The number of aryl methyl sites for hydroxylation is 3. The van der Waals surface area contributed by atoms with Gasteiger partial charge in [0.05, 0.1) is 11.6 Å². The molecule has 0 saturated carbocycles. The molecular formula is C21H23N3OS. The molecule has 5 heteroatoms. The first kappa shape index (κ1) is 18.1. The van der Waals surface area contributed by atoms with Crippen LogP contribution in [0.3, 0.4) is 0 Å². The second-order valence-corrected chi connectivity index (χ2v) is 7.16. The smallest absolute Gasteiger partial charge is 0.255 e. The van der Waals surface area contributed by atoms with Crippen molar-refractivity contribution in [2.45, 2.75) is 33.7 Å². The predicted octanol–water partition coefficient (Wildman–Crippen LogP) is 4.04. The molecule has 4 nitrogen and oxygen atoms in total. The summed E-state index contributed by atoms with van der Waals surface area (Å²) in [6.07, 6.45) is 0. The van der Waals surface area contributed by atoms with Crippen molar-refractivity contribution in [2.24, 2.45) is 0 Å². The summed E-state index contributed by atoms with van der Waals surface area (Å²) >= 11 is 5.30. The standard InChI is InChI=1S/C21H23N3OS/c1-12-5-8-16(9-6-12)19-18(15(4)22-21(26)24-19)20(25)23-17-10-7-13(2)11-14(17)3/h5-11,19H,1-4H3,(H,23,25)(H2,22,24,26)/t19-/m0/s1. The van der Waals surface area contributed by atoms with Gasteiger partial charge in [-0.1, -0.05) is 47.5 Å². The molecule has 0 fully saturated rings. The molecule has 26 heavy (non-hydrogen) atoms. The Morgan fingerprint density at radius 3 is 2.31 bits per heavy atom. The molecule has 1 aliphatic rings. The van der Waals surface area contributed by atoms with E-state index < -0.39 is 0 Å². The molecule has 0 bridgehead atoms. The largest absolute Gasteiger partial charge is 0.351 e. The van der Waals surface area contributed by atoms with Gasteiger partial charge in [0.25, 0.3) is 5.91 Å². The van der Waals surface area contributed by atoms with Crippen LogP contribution in [-0.4, -0.2) is 11.0 Å². The number of anilines is 1. The third-order valence-electron chi connectivity index (χ3n) is 4.55. The molecule has 3 N–H and O–H groups in total. The first-order chi connectivity index (χ1) is 12.3. The quantitative estimate of drug-likeness (QED) is 0.719. The minimum absolute atomic E-state index is 0.137. The van der Waals surface area contributed by atoms with Gasteiger partial charge < -0.3 is 16.0 Å². The zero-order valence-electron chi connectivity index (χ0n) is 15.4. The fourth-order valence-electron chi connectivity index (χ4n) is 3.15. The van der Waals surface area contributed by atoms with Crippen LogP contribution in [0.25, 0.3) is 0 Å². The molecule has 0 aliphatic carbocycles. The summed E-state index contributed by atoms with van der Waals surface area (Å²) in [4.78, 5) is 13.1. The topological polar surface area (TPSA) is 53.2 Å². The van der Waals surface area contributed by atoms with Gasteiger partial charge in [-0.05, 0) is 57.1 Å². The Hall–Kier alpha value is -2.66. The van der Waals surface area contributed by atoms with E-state index >= 15 is 0 Å². The van der Waals surface area contributed by atoms with Crippen molar-refractivity contribution in [2.75, 3.05) is 5.32 Å².